The fraction of sp³-hybridized carbons (Fsp3) is 0.800. The van der Waals surface area contributed by atoms with Gasteiger partial charge in [-0.05, 0) is 6.42 Å². The smallest absolute Gasteiger partial charge is 0.315 e. The Balaban J connectivity index is 3.47. The Morgan fingerprint density at radius 1 is 1.38 bits per heavy atom. The van der Waals surface area contributed by atoms with Crippen molar-refractivity contribution in [1.82, 2.24) is 0 Å². The number of hydrogen-bond acceptors (Lipinski definition) is 6. The van der Waals surface area contributed by atoms with E-state index in [0.717, 1.165) is 24.6 Å². The first-order valence-corrected chi connectivity index (χ1v) is 6.19. The second kappa shape index (κ2) is 9.47. The fourth-order valence-corrected chi connectivity index (χ4v) is 1.35. The standard InChI is InChI=1S/C10H18O5S/c1-3-4-5-14-9(12)7-16-10(13)6-15-8(2)11/h10,13H,3-7H2,1-2H3/t10-/m0/s1. The molecule has 0 spiro atoms. The minimum absolute atomic E-state index is 0.0617. The topological polar surface area (TPSA) is 72.8 Å². The molecular weight excluding hydrogens is 232 g/mol. The summed E-state index contributed by atoms with van der Waals surface area (Å²) in [6, 6.07) is 0. The van der Waals surface area contributed by atoms with Gasteiger partial charge in [-0.15, -0.1) is 11.8 Å². The predicted octanol–water partition coefficient (Wildman–Crippen LogP) is 0.944. The van der Waals surface area contributed by atoms with E-state index >= 15 is 0 Å². The summed E-state index contributed by atoms with van der Waals surface area (Å²) >= 11 is 0.988. The van der Waals surface area contributed by atoms with Gasteiger partial charge >= 0.3 is 11.9 Å². The van der Waals surface area contributed by atoms with Crippen LogP contribution in [0.3, 0.4) is 0 Å². The van der Waals surface area contributed by atoms with Gasteiger partial charge in [0.25, 0.3) is 0 Å². The maximum absolute atomic E-state index is 11.1. The first-order valence-electron chi connectivity index (χ1n) is 5.15. The molecule has 94 valence electrons. The summed E-state index contributed by atoms with van der Waals surface area (Å²) in [6.07, 6.45) is 1.81. The summed E-state index contributed by atoms with van der Waals surface area (Å²) in [4.78, 5) is 21.5. The highest BCUT2D eigenvalue weighted by molar-refractivity contribution is 8.00. The number of aliphatic hydroxyl groups excluding tert-OH is 1. The summed E-state index contributed by atoms with van der Waals surface area (Å²) in [5.41, 5.74) is -0.886. The Kier molecular flexibility index (Phi) is 9.03. The molecule has 0 aliphatic carbocycles. The molecule has 0 saturated carbocycles. The zero-order valence-electron chi connectivity index (χ0n) is 9.60. The quantitative estimate of drug-likeness (QED) is 0.393. The Labute approximate surface area is 99.5 Å². The highest BCUT2D eigenvalue weighted by Crippen LogP contribution is 2.09. The lowest BCUT2D eigenvalue weighted by atomic mass is 10.4. The molecule has 0 rings (SSSR count). The normalized spacial score (nSPS) is 11.9. The molecule has 6 heteroatoms. The van der Waals surface area contributed by atoms with Crippen LogP contribution >= 0.6 is 11.8 Å². The fourth-order valence-electron chi connectivity index (χ4n) is 0.773. The molecule has 0 heterocycles. The molecule has 0 aromatic carbocycles. The summed E-state index contributed by atoms with van der Waals surface area (Å²) in [5.74, 6) is -0.753. The van der Waals surface area contributed by atoms with Crippen LogP contribution in [0.15, 0.2) is 0 Å². The third-order valence-electron chi connectivity index (χ3n) is 1.58. The van der Waals surface area contributed by atoms with Gasteiger partial charge < -0.3 is 14.6 Å². The van der Waals surface area contributed by atoms with Gasteiger partial charge in [0.1, 0.15) is 12.0 Å². The van der Waals surface area contributed by atoms with Crippen molar-refractivity contribution in [1.29, 1.82) is 0 Å². The lowest BCUT2D eigenvalue weighted by molar-refractivity contribution is -0.142. The van der Waals surface area contributed by atoms with E-state index in [4.69, 9.17) is 4.74 Å². The van der Waals surface area contributed by atoms with Crippen LogP contribution in [-0.2, 0) is 19.1 Å². The van der Waals surface area contributed by atoms with Crippen molar-refractivity contribution >= 4 is 23.7 Å². The number of carbonyl (C=O) groups excluding carboxylic acids is 2. The second-order valence-electron chi connectivity index (χ2n) is 3.14. The molecule has 0 aromatic heterocycles. The number of thioether (sulfide) groups is 1. The van der Waals surface area contributed by atoms with Crippen LogP contribution in [0.5, 0.6) is 0 Å². The van der Waals surface area contributed by atoms with E-state index in [-0.39, 0.29) is 18.3 Å². The number of esters is 2. The van der Waals surface area contributed by atoms with Crippen LogP contribution in [0.1, 0.15) is 26.7 Å². The number of hydrogen-bond donors (Lipinski definition) is 1. The maximum atomic E-state index is 11.1. The van der Waals surface area contributed by atoms with E-state index in [2.05, 4.69) is 4.74 Å². The molecule has 0 radical (unpaired) electrons. The van der Waals surface area contributed by atoms with Crippen molar-refractivity contribution in [2.24, 2.45) is 0 Å². The average Bonchev–Trinajstić information content (AvgIpc) is 2.24. The van der Waals surface area contributed by atoms with Gasteiger partial charge in [-0.3, -0.25) is 9.59 Å². The maximum Gasteiger partial charge on any atom is 0.315 e. The van der Waals surface area contributed by atoms with E-state index in [1.54, 1.807) is 0 Å². The molecule has 0 saturated heterocycles. The van der Waals surface area contributed by atoms with Gasteiger partial charge in [0.15, 0.2) is 0 Å². The van der Waals surface area contributed by atoms with Crippen molar-refractivity contribution in [3.05, 3.63) is 0 Å². The summed E-state index contributed by atoms with van der Waals surface area (Å²) in [6.45, 7) is 3.57. The zero-order valence-corrected chi connectivity index (χ0v) is 10.4. The van der Waals surface area contributed by atoms with Crippen LogP contribution in [-0.4, -0.2) is 41.4 Å². The van der Waals surface area contributed by atoms with Crippen molar-refractivity contribution in [3.8, 4) is 0 Å². The van der Waals surface area contributed by atoms with Crippen LogP contribution in [0.25, 0.3) is 0 Å². The molecular formula is C10H18O5S. The van der Waals surface area contributed by atoms with E-state index in [1.807, 2.05) is 6.92 Å². The number of ether oxygens (including phenoxy) is 2. The number of rotatable bonds is 8. The Morgan fingerprint density at radius 2 is 2.06 bits per heavy atom. The van der Waals surface area contributed by atoms with Gasteiger partial charge in [-0.2, -0.15) is 0 Å². The van der Waals surface area contributed by atoms with Gasteiger partial charge in [0.2, 0.25) is 0 Å². The summed E-state index contributed by atoms with van der Waals surface area (Å²) in [7, 11) is 0. The van der Waals surface area contributed by atoms with E-state index in [9.17, 15) is 14.7 Å². The van der Waals surface area contributed by atoms with E-state index in [1.165, 1.54) is 6.92 Å². The van der Waals surface area contributed by atoms with E-state index in [0.29, 0.717) is 6.61 Å². The van der Waals surface area contributed by atoms with Crippen LogP contribution in [0.4, 0.5) is 0 Å². The lowest BCUT2D eigenvalue weighted by Gasteiger charge is -2.09. The van der Waals surface area contributed by atoms with Crippen molar-refractivity contribution in [3.63, 3.8) is 0 Å². The van der Waals surface area contributed by atoms with Crippen molar-refractivity contribution in [2.75, 3.05) is 19.0 Å². The molecule has 0 aliphatic heterocycles. The second-order valence-corrected chi connectivity index (χ2v) is 4.31. The molecule has 0 aliphatic rings. The summed E-state index contributed by atoms with van der Waals surface area (Å²) < 4.78 is 9.45. The minimum Gasteiger partial charge on any atom is -0.465 e. The first-order chi connectivity index (χ1) is 7.56. The predicted molar refractivity (Wildman–Crippen MR) is 61.0 cm³/mol. The molecule has 1 atom stereocenters. The highest BCUT2D eigenvalue weighted by Gasteiger charge is 2.10. The summed E-state index contributed by atoms with van der Waals surface area (Å²) in [5, 5.41) is 9.30. The molecule has 5 nitrogen and oxygen atoms in total. The van der Waals surface area contributed by atoms with Crippen LogP contribution in [0.2, 0.25) is 0 Å². The molecule has 0 fully saturated rings. The SMILES string of the molecule is CCCCOC(=O)CS[C@H](O)COC(C)=O. The first kappa shape index (κ1) is 15.2. The van der Waals surface area contributed by atoms with Crippen LogP contribution < -0.4 is 0 Å². The number of unbranched alkanes of at least 4 members (excludes halogenated alkanes) is 1. The van der Waals surface area contributed by atoms with E-state index < -0.39 is 11.4 Å². The average molecular weight is 250 g/mol. The van der Waals surface area contributed by atoms with Crippen LogP contribution in [0, 0.1) is 0 Å². The Bertz CT molecular complexity index is 219. The Hall–Kier alpha value is -0.750. The highest BCUT2D eigenvalue weighted by atomic mass is 32.2. The number of aliphatic hydroxyl groups is 1. The molecule has 1 N–H and O–H groups in total. The van der Waals surface area contributed by atoms with Crippen molar-refractivity contribution in [2.45, 2.75) is 32.1 Å². The molecule has 0 amide bonds. The molecule has 0 aromatic rings. The minimum atomic E-state index is -0.886. The molecule has 16 heavy (non-hydrogen) atoms. The van der Waals surface area contributed by atoms with Gasteiger partial charge in [0, 0.05) is 6.92 Å². The van der Waals surface area contributed by atoms with Gasteiger partial charge in [-0.25, -0.2) is 0 Å². The molecule has 0 unspecified atom stereocenters. The number of carbonyl (C=O) groups is 2. The molecule has 0 bridgehead atoms. The zero-order chi connectivity index (χ0) is 12.4. The largest absolute Gasteiger partial charge is 0.465 e. The third-order valence-corrected chi connectivity index (χ3v) is 2.51. The lowest BCUT2D eigenvalue weighted by Crippen LogP contribution is -2.17. The van der Waals surface area contributed by atoms with Gasteiger partial charge in [0.05, 0.1) is 12.4 Å². The van der Waals surface area contributed by atoms with Crippen molar-refractivity contribution < 1.29 is 24.2 Å². The Morgan fingerprint density at radius 3 is 2.62 bits per heavy atom. The third kappa shape index (κ3) is 9.79. The monoisotopic (exact) mass is 250 g/mol. The van der Waals surface area contributed by atoms with Gasteiger partial charge in [-0.1, -0.05) is 13.3 Å².